The number of rotatable bonds is 8. The Morgan fingerprint density at radius 1 is 1.30 bits per heavy atom. The van der Waals surface area contributed by atoms with Crippen molar-refractivity contribution in [2.45, 2.75) is 76.7 Å². The van der Waals surface area contributed by atoms with Crippen LogP contribution in [0.4, 0.5) is 16.1 Å². The fourth-order valence-electron chi connectivity index (χ4n) is 3.61. The lowest BCUT2D eigenvalue weighted by atomic mass is 9.90. The van der Waals surface area contributed by atoms with Crippen molar-refractivity contribution in [2.24, 2.45) is 5.73 Å². The van der Waals surface area contributed by atoms with Crippen LogP contribution in [0.3, 0.4) is 0 Å². The number of anilines is 2. The first kappa shape index (κ1) is 21.9. The van der Waals surface area contributed by atoms with Crippen LogP contribution in [0.25, 0.3) is 0 Å². The average Bonchev–Trinajstić information content (AvgIpc) is 3.07. The van der Waals surface area contributed by atoms with Gasteiger partial charge in [0.25, 0.3) is 5.91 Å². The van der Waals surface area contributed by atoms with E-state index in [2.05, 4.69) is 25.8 Å². The number of primary amides is 1. The molecule has 1 aliphatic rings. The predicted molar refractivity (Wildman–Crippen MR) is 110 cm³/mol. The second-order valence-corrected chi connectivity index (χ2v) is 8.33. The quantitative estimate of drug-likeness (QED) is 0.510. The van der Waals surface area contributed by atoms with E-state index in [1.165, 1.54) is 20.0 Å². The van der Waals surface area contributed by atoms with E-state index in [0.717, 1.165) is 25.7 Å². The van der Waals surface area contributed by atoms with Crippen molar-refractivity contribution in [3.05, 3.63) is 29.4 Å². The number of hydrogen-bond acceptors (Lipinski definition) is 8. The Balaban J connectivity index is 1.65. The molecule has 0 aromatic carbocycles. The second kappa shape index (κ2) is 8.95. The SMILES string of the molecule is Cc1nnc(NC2CCC(Nc3ccnc(C[C@@H](F)C(C)(C)O)c3C(N)=O)CC2)o1. The molecule has 1 saturated carbocycles. The highest BCUT2D eigenvalue weighted by molar-refractivity contribution is 5.99. The summed E-state index contributed by atoms with van der Waals surface area (Å²) in [5.74, 6) is -0.161. The zero-order valence-electron chi connectivity index (χ0n) is 17.5. The van der Waals surface area contributed by atoms with E-state index in [4.69, 9.17) is 10.2 Å². The number of nitrogens with one attached hydrogen (secondary N) is 2. The predicted octanol–water partition coefficient (Wildman–Crippen LogP) is 2.36. The number of pyridine rings is 1. The van der Waals surface area contributed by atoms with E-state index in [1.807, 2.05) is 0 Å². The molecule has 2 aromatic rings. The Bertz CT molecular complexity index is 874. The molecule has 5 N–H and O–H groups in total. The van der Waals surface area contributed by atoms with Gasteiger partial charge in [-0.3, -0.25) is 9.78 Å². The van der Waals surface area contributed by atoms with Crippen LogP contribution in [0.5, 0.6) is 0 Å². The third-order valence-corrected chi connectivity index (χ3v) is 5.36. The zero-order valence-corrected chi connectivity index (χ0v) is 17.5. The van der Waals surface area contributed by atoms with E-state index < -0.39 is 17.7 Å². The van der Waals surface area contributed by atoms with Gasteiger partial charge in [-0.05, 0) is 45.6 Å². The molecule has 0 aliphatic heterocycles. The lowest BCUT2D eigenvalue weighted by Gasteiger charge is -2.30. The highest BCUT2D eigenvalue weighted by atomic mass is 19.1. The van der Waals surface area contributed by atoms with Crippen LogP contribution in [-0.4, -0.2) is 50.1 Å². The lowest BCUT2D eigenvalue weighted by Crippen LogP contribution is -2.35. The normalized spacial score (nSPS) is 20.6. The Labute approximate surface area is 174 Å². The number of halogens is 1. The minimum absolute atomic E-state index is 0.135. The number of aryl methyl sites for hydroxylation is 1. The first-order chi connectivity index (χ1) is 14.1. The smallest absolute Gasteiger partial charge is 0.315 e. The molecule has 10 heteroatoms. The van der Waals surface area contributed by atoms with Crippen molar-refractivity contribution in [3.8, 4) is 0 Å². The highest BCUT2D eigenvalue weighted by Gasteiger charge is 2.30. The van der Waals surface area contributed by atoms with E-state index in [-0.39, 0.29) is 29.8 Å². The number of aromatic nitrogens is 3. The molecule has 0 bridgehead atoms. The molecule has 1 amide bonds. The topological polar surface area (TPSA) is 139 Å². The summed E-state index contributed by atoms with van der Waals surface area (Å²) in [4.78, 5) is 16.2. The molecule has 164 valence electrons. The van der Waals surface area contributed by atoms with E-state index in [9.17, 15) is 14.3 Å². The summed E-state index contributed by atoms with van der Waals surface area (Å²) in [5, 5.41) is 24.3. The largest absolute Gasteiger partial charge is 0.408 e. The summed E-state index contributed by atoms with van der Waals surface area (Å²) in [7, 11) is 0. The van der Waals surface area contributed by atoms with Crippen LogP contribution >= 0.6 is 0 Å². The maximum atomic E-state index is 14.4. The van der Waals surface area contributed by atoms with Gasteiger partial charge in [0, 0.05) is 31.6 Å². The van der Waals surface area contributed by atoms with Crippen LogP contribution in [0, 0.1) is 6.92 Å². The van der Waals surface area contributed by atoms with Crippen molar-refractivity contribution in [1.82, 2.24) is 15.2 Å². The molecular formula is C20H29FN6O3. The van der Waals surface area contributed by atoms with Gasteiger partial charge in [-0.1, -0.05) is 5.10 Å². The average molecular weight is 420 g/mol. The third-order valence-electron chi connectivity index (χ3n) is 5.36. The maximum absolute atomic E-state index is 14.4. The monoisotopic (exact) mass is 420 g/mol. The molecular weight excluding hydrogens is 391 g/mol. The Hall–Kier alpha value is -2.75. The number of amides is 1. The van der Waals surface area contributed by atoms with E-state index >= 15 is 0 Å². The van der Waals surface area contributed by atoms with Crippen LogP contribution in [0.15, 0.2) is 16.7 Å². The van der Waals surface area contributed by atoms with E-state index in [1.54, 1.807) is 13.0 Å². The minimum atomic E-state index is -1.58. The maximum Gasteiger partial charge on any atom is 0.315 e. The number of aliphatic hydroxyl groups is 1. The van der Waals surface area contributed by atoms with Crippen molar-refractivity contribution in [3.63, 3.8) is 0 Å². The van der Waals surface area contributed by atoms with Crippen molar-refractivity contribution in [1.29, 1.82) is 0 Å². The summed E-state index contributed by atoms with van der Waals surface area (Å²) >= 11 is 0. The zero-order chi connectivity index (χ0) is 21.9. The molecule has 1 fully saturated rings. The fraction of sp³-hybridized carbons (Fsp3) is 0.600. The van der Waals surface area contributed by atoms with Crippen molar-refractivity contribution >= 4 is 17.6 Å². The molecule has 2 aromatic heterocycles. The van der Waals surface area contributed by atoms with Gasteiger partial charge in [0.1, 0.15) is 6.17 Å². The van der Waals surface area contributed by atoms with E-state index in [0.29, 0.717) is 17.6 Å². The summed E-state index contributed by atoms with van der Waals surface area (Å²) in [6.45, 7) is 4.50. The summed E-state index contributed by atoms with van der Waals surface area (Å²) in [6.07, 6.45) is 3.23. The fourth-order valence-corrected chi connectivity index (χ4v) is 3.61. The molecule has 2 heterocycles. The standard InChI is InChI=1S/C20H29FN6O3/c1-11-26-27-19(30-11)25-13-6-4-12(5-7-13)24-14-8-9-23-15(17(14)18(22)28)10-16(21)20(2,3)29/h8-9,12-13,16,29H,4-7,10H2,1-3H3,(H2,22,28)(H,23,24)(H,25,27)/t12?,13?,16-/m1/s1. The highest BCUT2D eigenvalue weighted by Crippen LogP contribution is 2.28. The van der Waals surface area contributed by atoms with Gasteiger partial charge in [0.15, 0.2) is 0 Å². The lowest BCUT2D eigenvalue weighted by molar-refractivity contribution is -0.00307. The second-order valence-electron chi connectivity index (χ2n) is 8.33. The molecule has 30 heavy (non-hydrogen) atoms. The molecule has 3 rings (SSSR count). The van der Waals surface area contributed by atoms with Crippen molar-refractivity contribution < 1.29 is 18.7 Å². The molecule has 1 atom stereocenters. The van der Waals surface area contributed by atoms with Gasteiger partial charge < -0.3 is 25.9 Å². The molecule has 0 unspecified atom stereocenters. The van der Waals surface area contributed by atoms with Gasteiger partial charge in [0.05, 0.1) is 22.5 Å². The van der Waals surface area contributed by atoms with Gasteiger partial charge in [-0.2, -0.15) is 0 Å². The number of hydrogen-bond donors (Lipinski definition) is 4. The van der Waals surface area contributed by atoms with Gasteiger partial charge >= 0.3 is 6.01 Å². The molecule has 0 radical (unpaired) electrons. The van der Waals surface area contributed by atoms with Gasteiger partial charge in [0.2, 0.25) is 5.89 Å². The number of nitrogens with two attached hydrogens (primary N) is 1. The van der Waals surface area contributed by atoms with Crippen LogP contribution in [-0.2, 0) is 6.42 Å². The molecule has 0 spiro atoms. The Kier molecular flexibility index (Phi) is 6.55. The first-order valence-corrected chi connectivity index (χ1v) is 10.1. The van der Waals surface area contributed by atoms with Gasteiger partial charge in [-0.25, -0.2) is 4.39 Å². The summed E-state index contributed by atoms with van der Waals surface area (Å²) in [6, 6.07) is 2.46. The summed E-state index contributed by atoms with van der Waals surface area (Å²) < 4.78 is 19.7. The van der Waals surface area contributed by atoms with Gasteiger partial charge in [-0.15, -0.1) is 5.10 Å². The first-order valence-electron chi connectivity index (χ1n) is 10.1. The number of carbonyl (C=O) groups is 1. The Morgan fingerprint density at radius 2 is 1.93 bits per heavy atom. The minimum Gasteiger partial charge on any atom is -0.408 e. The summed E-state index contributed by atoms with van der Waals surface area (Å²) in [5.41, 5.74) is 4.99. The Morgan fingerprint density at radius 3 is 2.47 bits per heavy atom. The van der Waals surface area contributed by atoms with Crippen LogP contribution in [0.2, 0.25) is 0 Å². The number of carbonyl (C=O) groups excluding carboxylic acids is 1. The molecule has 1 aliphatic carbocycles. The number of alkyl halides is 1. The van der Waals surface area contributed by atoms with Crippen LogP contribution < -0.4 is 16.4 Å². The van der Waals surface area contributed by atoms with Crippen LogP contribution in [0.1, 0.15) is 61.5 Å². The number of nitrogens with zero attached hydrogens (tertiary/aromatic N) is 3. The van der Waals surface area contributed by atoms with Crippen molar-refractivity contribution in [2.75, 3.05) is 10.6 Å². The third kappa shape index (κ3) is 5.44. The molecule has 9 nitrogen and oxygen atoms in total. The molecule has 0 saturated heterocycles.